The third kappa shape index (κ3) is 4.23. The molecule has 8 heteroatoms. The molecule has 0 aliphatic carbocycles. The molecule has 1 aliphatic rings. The molecule has 1 aromatic carbocycles. The topological polar surface area (TPSA) is 98.5 Å². The highest BCUT2D eigenvalue weighted by Crippen LogP contribution is 2.16. The molecule has 1 saturated heterocycles. The van der Waals surface area contributed by atoms with E-state index in [0.29, 0.717) is 19.8 Å². The third-order valence-electron chi connectivity index (χ3n) is 3.40. The van der Waals surface area contributed by atoms with Crippen LogP contribution in [0.2, 0.25) is 0 Å². The van der Waals surface area contributed by atoms with Crippen molar-refractivity contribution in [2.24, 2.45) is 11.1 Å². The van der Waals surface area contributed by atoms with Crippen molar-refractivity contribution in [1.82, 2.24) is 5.32 Å². The molecule has 3 N–H and O–H groups in total. The smallest absolute Gasteiger partial charge is 0.254 e. The predicted molar refractivity (Wildman–Crippen MR) is 73.6 cm³/mol. The van der Waals surface area contributed by atoms with Crippen LogP contribution in [0.1, 0.15) is 23.2 Å². The summed E-state index contributed by atoms with van der Waals surface area (Å²) in [6.45, 7) is 1.70. The Kier molecular flexibility index (Phi) is 4.92. The summed E-state index contributed by atoms with van der Waals surface area (Å²) in [5, 5.41) is 7.59. The van der Waals surface area contributed by atoms with Crippen molar-refractivity contribution in [3.05, 3.63) is 29.6 Å². The monoisotopic (exact) mass is 316 g/mol. The Balaban J connectivity index is 2.07. The number of nitrogens with two attached hydrogens (primary N) is 1. The highest BCUT2D eigenvalue weighted by Gasteiger charge is 2.19. The standard InChI is InChI=1S/C13H17FN2O4S/c14-12-2-1-10(21(15,18)19)7-11(12)13(17)16-8-9-3-5-20-6-4-9/h1-2,7,9H,3-6,8H2,(H,16,17)(H2,15,18,19). The van der Waals surface area contributed by atoms with Crippen LogP contribution in [-0.4, -0.2) is 34.1 Å². The van der Waals surface area contributed by atoms with E-state index in [2.05, 4.69) is 5.32 Å². The van der Waals surface area contributed by atoms with Gasteiger partial charge in [0.2, 0.25) is 10.0 Å². The molecule has 1 aliphatic heterocycles. The summed E-state index contributed by atoms with van der Waals surface area (Å²) in [5.74, 6) is -1.15. The average molecular weight is 316 g/mol. The number of carbonyl (C=O) groups excluding carboxylic acids is 1. The lowest BCUT2D eigenvalue weighted by atomic mass is 10.0. The lowest BCUT2D eigenvalue weighted by Gasteiger charge is -2.22. The highest BCUT2D eigenvalue weighted by atomic mass is 32.2. The average Bonchev–Trinajstić information content (AvgIpc) is 2.45. The van der Waals surface area contributed by atoms with E-state index >= 15 is 0 Å². The summed E-state index contributed by atoms with van der Waals surface area (Å²) in [6, 6.07) is 2.90. The van der Waals surface area contributed by atoms with Crippen molar-refractivity contribution in [3.8, 4) is 0 Å². The van der Waals surface area contributed by atoms with E-state index in [0.717, 1.165) is 31.0 Å². The minimum Gasteiger partial charge on any atom is -0.381 e. The van der Waals surface area contributed by atoms with Crippen molar-refractivity contribution in [2.45, 2.75) is 17.7 Å². The Morgan fingerprint density at radius 3 is 2.67 bits per heavy atom. The summed E-state index contributed by atoms with van der Waals surface area (Å²) in [5.41, 5.74) is -0.325. The van der Waals surface area contributed by atoms with Gasteiger partial charge in [-0.05, 0) is 37.0 Å². The van der Waals surface area contributed by atoms with Crippen LogP contribution in [0.5, 0.6) is 0 Å². The van der Waals surface area contributed by atoms with Crippen LogP contribution in [0.25, 0.3) is 0 Å². The Morgan fingerprint density at radius 2 is 2.05 bits per heavy atom. The van der Waals surface area contributed by atoms with Gasteiger partial charge in [-0.2, -0.15) is 0 Å². The number of amides is 1. The second-order valence-corrected chi connectivity index (χ2v) is 6.51. The second-order valence-electron chi connectivity index (χ2n) is 4.95. The number of hydrogen-bond donors (Lipinski definition) is 2. The van der Waals surface area contributed by atoms with Gasteiger partial charge in [-0.25, -0.2) is 17.9 Å². The molecule has 0 unspecified atom stereocenters. The van der Waals surface area contributed by atoms with Crippen LogP contribution in [0, 0.1) is 11.7 Å². The maximum atomic E-state index is 13.7. The number of sulfonamides is 1. The number of carbonyl (C=O) groups is 1. The van der Waals surface area contributed by atoms with Gasteiger partial charge in [0.05, 0.1) is 10.5 Å². The molecule has 0 bridgehead atoms. The first-order valence-electron chi connectivity index (χ1n) is 6.56. The number of rotatable bonds is 4. The van der Waals surface area contributed by atoms with Crippen molar-refractivity contribution >= 4 is 15.9 Å². The van der Waals surface area contributed by atoms with Crippen molar-refractivity contribution in [3.63, 3.8) is 0 Å². The fourth-order valence-corrected chi connectivity index (χ4v) is 2.68. The number of ether oxygens (including phenoxy) is 1. The van der Waals surface area contributed by atoms with Crippen LogP contribution in [-0.2, 0) is 14.8 Å². The largest absolute Gasteiger partial charge is 0.381 e. The molecule has 0 saturated carbocycles. The van der Waals surface area contributed by atoms with E-state index in [9.17, 15) is 17.6 Å². The quantitative estimate of drug-likeness (QED) is 0.851. The minimum atomic E-state index is -3.97. The number of primary sulfonamides is 1. The summed E-state index contributed by atoms with van der Waals surface area (Å²) < 4.78 is 41.3. The summed E-state index contributed by atoms with van der Waals surface area (Å²) >= 11 is 0. The molecule has 1 aromatic rings. The van der Waals surface area contributed by atoms with Crippen LogP contribution in [0.15, 0.2) is 23.1 Å². The molecule has 1 amide bonds. The maximum Gasteiger partial charge on any atom is 0.254 e. The first-order chi connectivity index (χ1) is 9.88. The van der Waals surface area contributed by atoms with Crippen LogP contribution < -0.4 is 10.5 Å². The first-order valence-corrected chi connectivity index (χ1v) is 8.11. The van der Waals surface area contributed by atoms with Crippen molar-refractivity contribution in [2.75, 3.05) is 19.8 Å². The molecular weight excluding hydrogens is 299 g/mol. The minimum absolute atomic E-state index is 0.284. The second kappa shape index (κ2) is 6.50. The van der Waals surface area contributed by atoms with Crippen LogP contribution >= 0.6 is 0 Å². The van der Waals surface area contributed by atoms with Crippen LogP contribution in [0.4, 0.5) is 4.39 Å². The maximum absolute atomic E-state index is 13.7. The first kappa shape index (κ1) is 15.9. The number of nitrogens with one attached hydrogen (secondary N) is 1. The molecule has 21 heavy (non-hydrogen) atoms. The molecule has 0 spiro atoms. The zero-order chi connectivity index (χ0) is 15.5. The predicted octanol–water partition coefficient (Wildman–Crippen LogP) is 0.629. The normalized spacial score (nSPS) is 16.7. The Bertz CT molecular complexity index is 627. The summed E-state index contributed by atoms with van der Waals surface area (Å²) in [4.78, 5) is 11.7. The van der Waals surface area contributed by atoms with Gasteiger partial charge in [0.25, 0.3) is 5.91 Å². The fourth-order valence-electron chi connectivity index (χ4n) is 2.14. The van der Waals surface area contributed by atoms with Gasteiger partial charge in [0, 0.05) is 19.8 Å². The lowest BCUT2D eigenvalue weighted by Crippen LogP contribution is -2.32. The zero-order valence-electron chi connectivity index (χ0n) is 11.3. The fraction of sp³-hybridized carbons (Fsp3) is 0.462. The number of halogens is 1. The lowest BCUT2D eigenvalue weighted by molar-refractivity contribution is 0.0642. The molecule has 0 aromatic heterocycles. The van der Waals surface area contributed by atoms with E-state index in [4.69, 9.17) is 9.88 Å². The van der Waals surface area contributed by atoms with E-state index in [1.54, 1.807) is 0 Å². The molecular formula is C13H17FN2O4S. The van der Waals surface area contributed by atoms with Gasteiger partial charge < -0.3 is 10.1 Å². The van der Waals surface area contributed by atoms with E-state index < -0.39 is 21.7 Å². The van der Waals surface area contributed by atoms with Crippen molar-refractivity contribution < 1.29 is 22.3 Å². The Hall–Kier alpha value is -1.51. The number of benzene rings is 1. The third-order valence-corrected chi connectivity index (χ3v) is 4.31. The molecule has 6 nitrogen and oxygen atoms in total. The summed E-state index contributed by atoms with van der Waals surface area (Å²) in [7, 11) is -3.97. The zero-order valence-corrected chi connectivity index (χ0v) is 12.2. The van der Waals surface area contributed by atoms with E-state index in [1.165, 1.54) is 0 Å². The Labute approximate surface area is 122 Å². The van der Waals surface area contributed by atoms with E-state index in [-0.39, 0.29) is 16.4 Å². The summed E-state index contributed by atoms with van der Waals surface area (Å²) in [6.07, 6.45) is 1.67. The SMILES string of the molecule is NS(=O)(=O)c1ccc(F)c(C(=O)NCC2CCOCC2)c1. The van der Waals surface area contributed by atoms with Gasteiger partial charge in [-0.1, -0.05) is 0 Å². The number of hydrogen-bond acceptors (Lipinski definition) is 4. The molecule has 0 radical (unpaired) electrons. The van der Waals surface area contributed by atoms with Gasteiger partial charge in [-0.15, -0.1) is 0 Å². The highest BCUT2D eigenvalue weighted by molar-refractivity contribution is 7.89. The van der Waals surface area contributed by atoms with Gasteiger partial charge in [0.15, 0.2) is 0 Å². The molecule has 116 valence electrons. The molecule has 1 heterocycles. The molecule has 1 fully saturated rings. The van der Waals surface area contributed by atoms with Gasteiger partial charge >= 0.3 is 0 Å². The Morgan fingerprint density at radius 1 is 1.38 bits per heavy atom. The molecule has 0 atom stereocenters. The van der Waals surface area contributed by atoms with Crippen molar-refractivity contribution in [1.29, 1.82) is 0 Å². The van der Waals surface area contributed by atoms with Gasteiger partial charge in [0.1, 0.15) is 5.82 Å². The van der Waals surface area contributed by atoms with Gasteiger partial charge in [-0.3, -0.25) is 4.79 Å². The van der Waals surface area contributed by atoms with Crippen LogP contribution in [0.3, 0.4) is 0 Å². The molecule has 2 rings (SSSR count). The van der Waals surface area contributed by atoms with E-state index in [1.807, 2.05) is 0 Å².